The molecule has 0 bridgehead atoms. The molecular formula is C17H14F10N4O4. The molecule has 0 spiro atoms. The van der Waals surface area contributed by atoms with Crippen LogP contribution in [0.5, 0.6) is 0 Å². The quantitative estimate of drug-likeness (QED) is 0.608. The fourth-order valence-corrected chi connectivity index (χ4v) is 3.76. The number of alkyl halides is 10. The standard InChI is InChI=1S/C17H14F10N4O4/c1-13(2)34-7-6(4-32)33-11(8(7)35-13)31-10-5(3-28-31)9(14(18,19)16(22,23)24)29-12(30-10)15(20,21)17(25,26)27/h3,6-8,11,32H,4H2,1-2H3/t6-,7-,8-,11-/m1/s1. The van der Waals surface area contributed by atoms with Gasteiger partial charge in [-0.15, -0.1) is 0 Å². The van der Waals surface area contributed by atoms with Crippen molar-refractivity contribution in [3.63, 3.8) is 0 Å². The smallest absolute Gasteiger partial charge is 0.394 e. The van der Waals surface area contributed by atoms with E-state index in [1.807, 2.05) is 0 Å². The third kappa shape index (κ3) is 3.89. The van der Waals surface area contributed by atoms with E-state index in [0.717, 1.165) is 0 Å². The molecule has 0 aliphatic carbocycles. The van der Waals surface area contributed by atoms with Gasteiger partial charge in [0, 0.05) is 0 Å². The topological polar surface area (TPSA) is 91.5 Å². The number of nitrogens with zero attached hydrogens (tertiary/aromatic N) is 4. The minimum atomic E-state index is -6.43. The van der Waals surface area contributed by atoms with Crippen molar-refractivity contribution in [1.82, 2.24) is 19.7 Å². The normalized spacial score (nSPS) is 27.6. The minimum absolute atomic E-state index is 0.339. The van der Waals surface area contributed by atoms with E-state index in [4.69, 9.17) is 14.2 Å². The Morgan fingerprint density at radius 1 is 0.914 bits per heavy atom. The number of hydrogen-bond donors (Lipinski definition) is 1. The third-order valence-electron chi connectivity index (χ3n) is 5.29. The van der Waals surface area contributed by atoms with Gasteiger partial charge in [0.25, 0.3) is 0 Å². The van der Waals surface area contributed by atoms with Crippen LogP contribution in [0.3, 0.4) is 0 Å². The molecule has 196 valence electrons. The van der Waals surface area contributed by atoms with Crippen LogP contribution in [-0.2, 0) is 26.1 Å². The molecule has 1 N–H and O–H groups in total. The lowest BCUT2D eigenvalue weighted by atomic mass is 10.1. The Hall–Kier alpha value is -2.31. The molecule has 0 radical (unpaired) electrons. The number of halogens is 10. The number of aromatic nitrogens is 4. The summed E-state index contributed by atoms with van der Waals surface area (Å²) in [6.07, 6.45) is -17.5. The Bertz CT molecular complexity index is 1130. The first-order valence-corrected chi connectivity index (χ1v) is 9.59. The van der Waals surface area contributed by atoms with Crippen LogP contribution in [0, 0.1) is 0 Å². The van der Waals surface area contributed by atoms with Crippen molar-refractivity contribution in [3.05, 3.63) is 17.7 Å². The van der Waals surface area contributed by atoms with Gasteiger partial charge in [0.15, 0.2) is 17.7 Å². The fourth-order valence-electron chi connectivity index (χ4n) is 3.76. The molecule has 2 aliphatic heterocycles. The summed E-state index contributed by atoms with van der Waals surface area (Å²) < 4.78 is 151. The average Bonchev–Trinajstić information content (AvgIpc) is 3.35. The van der Waals surface area contributed by atoms with Crippen molar-refractivity contribution in [2.24, 2.45) is 0 Å². The van der Waals surface area contributed by atoms with Gasteiger partial charge in [-0.25, -0.2) is 14.6 Å². The third-order valence-corrected chi connectivity index (χ3v) is 5.29. The van der Waals surface area contributed by atoms with Crippen LogP contribution in [0.25, 0.3) is 11.0 Å². The lowest BCUT2D eigenvalue weighted by Crippen LogP contribution is -2.39. The molecule has 2 aliphatic rings. The Kier molecular flexibility index (Phi) is 5.59. The zero-order valence-electron chi connectivity index (χ0n) is 17.3. The van der Waals surface area contributed by atoms with Gasteiger partial charge in [-0.1, -0.05) is 0 Å². The highest BCUT2D eigenvalue weighted by Gasteiger charge is 2.65. The van der Waals surface area contributed by atoms with Gasteiger partial charge in [-0.05, 0) is 13.8 Å². The predicted molar refractivity (Wildman–Crippen MR) is 90.0 cm³/mol. The van der Waals surface area contributed by atoms with Crippen LogP contribution in [-0.4, -0.2) is 67.9 Å². The molecule has 4 heterocycles. The van der Waals surface area contributed by atoms with Gasteiger partial charge in [0.1, 0.15) is 24.0 Å². The van der Waals surface area contributed by atoms with E-state index in [1.54, 1.807) is 0 Å². The van der Waals surface area contributed by atoms with Crippen molar-refractivity contribution in [2.75, 3.05) is 6.61 Å². The SMILES string of the molecule is CC1(C)O[C@@H]2[C@H](O1)[C@@H](CO)O[C@H]2n1ncc2c(C(F)(F)C(F)(F)F)nc(C(F)(F)C(F)(F)F)nc21. The second kappa shape index (κ2) is 7.59. The maximum atomic E-state index is 14.2. The number of fused-ring (bicyclic) bond motifs is 2. The first kappa shape index (κ1) is 25.8. The summed E-state index contributed by atoms with van der Waals surface area (Å²) in [4.78, 5) is 5.25. The summed E-state index contributed by atoms with van der Waals surface area (Å²) in [5.74, 6) is -15.9. The summed E-state index contributed by atoms with van der Waals surface area (Å²) in [6.45, 7) is 2.17. The van der Waals surface area contributed by atoms with E-state index in [0.29, 0.717) is 10.9 Å². The summed E-state index contributed by atoms with van der Waals surface area (Å²) >= 11 is 0. The van der Waals surface area contributed by atoms with Gasteiger partial charge >= 0.3 is 24.2 Å². The highest BCUT2D eigenvalue weighted by atomic mass is 19.4. The average molecular weight is 528 g/mol. The molecule has 18 heteroatoms. The fraction of sp³-hybridized carbons (Fsp3) is 0.706. The molecular weight excluding hydrogens is 514 g/mol. The van der Waals surface area contributed by atoms with Gasteiger partial charge < -0.3 is 19.3 Å². The predicted octanol–water partition coefficient (Wildman–Crippen LogP) is 3.54. The molecule has 0 saturated carbocycles. The van der Waals surface area contributed by atoms with Gasteiger partial charge in [-0.3, -0.25) is 0 Å². The summed E-state index contributed by atoms with van der Waals surface area (Å²) in [5, 5.41) is 11.8. The van der Waals surface area contributed by atoms with E-state index < -0.39 is 83.7 Å². The van der Waals surface area contributed by atoms with Crippen LogP contribution in [0.4, 0.5) is 43.9 Å². The molecule has 35 heavy (non-hydrogen) atoms. The van der Waals surface area contributed by atoms with E-state index in [-0.39, 0.29) is 0 Å². The summed E-state index contributed by atoms with van der Waals surface area (Å²) in [5.41, 5.74) is -3.70. The molecule has 2 aromatic rings. The minimum Gasteiger partial charge on any atom is -0.394 e. The number of rotatable bonds is 4. The first-order valence-electron chi connectivity index (χ1n) is 9.59. The molecule has 8 nitrogen and oxygen atoms in total. The second-order valence-corrected chi connectivity index (χ2v) is 8.18. The number of hydrogen-bond acceptors (Lipinski definition) is 7. The number of aliphatic hydroxyl groups is 1. The highest BCUT2D eigenvalue weighted by Crippen LogP contribution is 2.49. The van der Waals surface area contributed by atoms with E-state index >= 15 is 0 Å². The van der Waals surface area contributed by atoms with Crippen molar-refractivity contribution in [1.29, 1.82) is 0 Å². The zero-order valence-corrected chi connectivity index (χ0v) is 17.3. The highest BCUT2D eigenvalue weighted by molar-refractivity contribution is 5.78. The lowest BCUT2D eigenvalue weighted by molar-refractivity contribution is -0.296. The monoisotopic (exact) mass is 528 g/mol. The Morgan fingerprint density at radius 2 is 1.49 bits per heavy atom. The zero-order chi connectivity index (χ0) is 26.4. The van der Waals surface area contributed by atoms with Gasteiger partial charge in [-0.2, -0.15) is 49.0 Å². The first-order chi connectivity index (χ1) is 15.8. The number of aliphatic hydroxyl groups excluding tert-OH is 1. The van der Waals surface area contributed by atoms with Crippen LogP contribution in [0.1, 0.15) is 31.6 Å². The molecule has 0 unspecified atom stereocenters. The Labute approximate surface area is 187 Å². The maximum Gasteiger partial charge on any atom is 0.461 e. The largest absolute Gasteiger partial charge is 0.461 e. The Balaban J connectivity index is 1.95. The van der Waals surface area contributed by atoms with Crippen molar-refractivity contribution < 1.29 is 63.2 Å². The van der Waals surface area contributed by atoms with Crippen molar-refractivity contribution in [2.45, 2.75) is 68.4 Å². The molecule has 2 fully saturated rings. The van der Waals surface area contributed by atoms with Crippen molar-refractivity contribution >= 4 is 11.0 Å². The number of ether oxygens (including phenoxy) is 3. The van der Waals surface area contributed by atoms with Crippen LogP contribution >= 0.6 is 0 Å². The molecule has 4 rings (SSSR count). The molecule has 0 amide bonds. The second-order valence-electron chi connectivity index (χ2n) is 8.18. The van der Waals surface area contributed by atoms with Crippen LogP contribution in [0.15, 0.2) is 6.20 Å². The molecule has 4 atom stereocenters. The van der Waals surface area contributed by atoms with Crippen molar-refractivity contribution in [3.8, 4) is 0 Å². The van der Waals surface area contributed by atoms with E-state index in [1.165, 1.54) is 13.8 Å². The molecule has 2 aromatic heterocycles. The summed E-state index contributed by atoms with van der Waals surface area (Å²) in [6, 6.07) is 0. The maximum absolute atomic E-state index is 14.2. The van der Waals surface area contributed by atoms with Crippen LogP contribution < -0.4 is 0 Å². The van der Waals surface area contributed by atoms with E-state index in [9.17, 15) is 49.0 Å². The van der Waals surface area contributed by atoms with Gasteiger partial charge in [0.05, 0.1) is 18.2 Å². The van der Waals surface area contributed by atoms with Crippen LogP contribution in [0.2, 0.25) is 0 Å². The lowest BCUT2D eigenvalue weighted by Gasteiger charge is -2.25. The summed E-state index contributed by atoms with van der Waals surface area (Å²) in [7, 11) is 0. The Morgan fingerprint density at radius 3 is 2.03 bits per heavy atom. The van der Waals surface area contributed by atoms with E-state index in [2.05, 4.69) is 15.1 Å². The van der Waals surface area contributed by atoms with Gasteiger partial charge in [0.2, 0.25) is 5.82 Å². The molecule has 2 saturated heterocycles. The molecule has 0 aromatic carbocycles.